The number of methoxy groups -OCH3 is 1. The summed E-state index contributed by atoms with van der Waals surface area (Å²) in [6.07, 6.45) is 5.05. The van der Waals surface area contributed by atoms with E-state index in [9.17, 15) is 9.59 Å². The van der Waals surface area contributed by atoms with Crippen molar-refractivity contribution in [2.24, 2.45) is 4.99 Å². The van der Waals surface area contributed by atoms with Gasteiger partial charge in [0.1, 0.15) is 11.9 Å². The standard InChI is InChI=1S/C27H28N4O4/c1-16-13-19-22(14-17(16)2)31-18(3)15-29-25(31)21(30-24(19)20-7-5-6-12-28-20)8-9-23(32)35-27(10-11-27)26(33)34-4/h5-7,12-15,21H,8-11H2,1-4H3/t21-/m0/s1. The topological polar surface area (TPSA) is 95.7 Å². The third kappa shape index (κ3) is 4.13. The maximum absolute atomic E-state index is 12.7. The van der Waals surface area contributed by atoms with Gasteiger partial charge >= 0.3 is 11.9 Å². The Kier molecular flexibility index (Phi) is 5.75. The molecule has 180 valence electrons. The van der Waals surface area contributed by atoms with Crippen LogP contribution in [-0.4, -0.2) is 44.9 Å². The van der Waals surface area contributed by atoms with Gasteiger partial charge in [0, 0.05) is 42.9 Å². The first kappa shape index (κ1) is 23.0. The van der Waals surface area contributed by atoms with Gasteiger partial charge in [0.2, 0.25) is 5.60 Å². The van der Waals surface area contributed by atoms with E-state index in [2.05, 4.69) is 35.5 Å². The van der Waals surface area contributed by atoms with Crippen molar-refractivity contribution in [1.82, 2.24) is 14.5 Å². The van der Waals surface area contributed by atoms with Gasteiger partial charge in [-0.3, -0.25) is 19.3 Å². The maximum Gasteiger partial charge on any atom is 0.350 e. The van der Waals surface area contributed by atoms with Crippen molar-refractivity contribution < 1.29 is 19.1 Å². The number of fused-ring (bicyclic) bond motifs is 3. The number of nitrogens with zero attached hydrogens (tertiary/aromatic N) is 4. The zero-order valence-corrected chi connectivity index (χ0v) is 20.4. The van der Waals surface area contributed by atoms with Crippen LogP contribution in [0, 0.1) is 20.8 Å². The molecule has 8 heteroatoms. The molecule has 1 fully saturated rings. The number of ether oxygens (including phenoxy) is 2. The monoisotopic (exact) mass is 472 g/mol. The van der Waals surface area contributed by atoms with E-state index in [1.807, 2.05) is 31.3 Å². The summed E-state index contributed by atoms with van der Waals surface area (Å²) in [4.78, 5) is 39.1. The van der Waals surface area contributed by atoms with E-state index >= 15 is 0 Å². The second-order valence-corrected chi connectivity index (χ2v) is 9.25. The fraction of sp³-hybridized carbons (Fsp3) is 0.370. The van der Waals surface area contributed by atoms with Crippen molar-refractivity contribution >= 4 is 17.7 Å². The molecule has 1 aromatic carbocycles. The van der Waals surface area contributed by atoms with Crippen LogP contribution in [0.4, 0.5) is 0 Å². The molecule has 1 aliphatic heterocycles. The molecule has 0 N–H and O–H groups in total. The first-order valence-corrected chi connectivity index (χ1v) is 11.8. The minimum Gasteiger partial charge on any atom is -0.466 e. The van der Waals surface area contributed by atoms with Gasteiger partial charge in [-0.1, -0.05) is 6.07 Å². The summed E-state index contributed by atoms with van der Waals surface area (Å²) < 4.78 is 12.4. The van der Waals surface area contributed by atoms with Crippen LogP contribution in [0.5, 0.6) is 0 Å². The second-order valence-electron chi connectivity index (χ2n) is 9.25. The van der Waals surface area contributed by atoms with Crippen LogP contribution in [0.3, 0.4) is 0 Å². The number of carbonyl (C=O) groups excluding carboxylic acids is 2. The Morgan fingerprint density at radius 1 is 1.11 bits per heavy atom. The molecule has 1 saturated carbocycles. The molecule has 2 aromatic heterocycles. The number of aryl methyl sites for hydroxylation is 3. The van der Waals surface area contributed by atoms with Gasteiger partial charge in [-0.05, 0) is 62.6 Å². The van der Waals surface area contributed by atoms with Crippen molar-refractivity contribution in [3.8, 4) is 5.69 Å². The number of benzene rings is 1. The number of hydrogen-bond acceptors (Lipinski definition) is 7. The van der Waals surface area contributed by atoms with Crippen LogP contribution in [0.2, 0.25) is 0 Å². The molecule has 35 heavy (non-hydrogen) atoms. The molecule has 0 radical (unpaired) electrons. The lowest BCUT2D eigenvalue weighted by Gasteiger charge is -2.16. The quantitative estimate of drug-likeness (QED) is 0.501. The SMILES string of the molecule is COC(=O)C1(OC(=O)CC[C@@H]2N=C(c3ccccn3)c3cc(C)c(C)cc3-n3c(C)cnc32)CC1. The highest BCUT2D eigenvalue weighted by molar-refractivity contribution is 6.14. The van der Waals surface area contributed by atoms with Crippen molar-refractivity contribution in [1.29, 1.82) is 0 Å². The van der Waals surface area contributed by atoms with Crippen molar-refractivity contribution in [2.75, 3.05) is 7.11 Å². The van der Waals surface area contributed by atoms with Gasteiger partial charge in [0.25, 0.3) is 0 Å². The Morgan fingerprint density at radius 3 is 2.57 bits per heavy atom. The number of pyridine rings is 1. The average Bonchev–Trinajstić information content (AvgIpc) is 3.56. The Hall–Kier alpha value is -3.81. The predicted octanol–water partition coefficient (Wildman–Crippen LogP) is 4.11. The molecule has 0 amide bonds. The summed E-state index contributed by atoms with van der Waals surface area (Å²) in [5.41, 5.74) is 5.69. The molecular formula is C27H28N4O4. The van der Waals surface area contributed by atoms with Crippen molar-refractivity contribution in [3.05, 3.63) is 76.6 Å². The van der Waals surface area contributed by atoms with Gasteiger partial charge in [0.15, 0.2) is 0 Å². The van der Waals surface area contributed by atoms with Crippen molar-refractivity contribution in [2.45, 2.75) is 58.1 Å². The van der Waals surface area contributed by atoms with E-state index in [0.29, 0.717) is 19.3 Å². The summed E-state index contributed by atoms with van der Waals surface area (Å²) >= 11 is 0. The molecule has 2 aliphatic rings. The number of imidazole rings is 1. The average molecular weight is 473 g/mol. The van der Waals surface area contributed by atoms with Gasteiger partial charge < -0.3 is 9.47 Å². The fourth-order valence-corrected chi connectivity index (χ4v) is 4.53. The third-order valence-electron chi connectivity index (χ3n) is 6.76. The van der Waals surface area contributed by atoms with Crippen LogP contribution >= 0.6 is 0 Å². The number of carbonyl (C=O) groups is 2. The molecular weight excluding hydrogens is 444 g/mol. The molecule has 8 nitrogen and oxygen atoms in total. The first-order chi connectivity index (χ1) is 16.8. The molecule has 1 aliphatic carbocycles. The van der Waals surface area contributed by atoms with Gasteiger partial charge in [0.05, 0.1) is 24.2 Å². The molecule has 5 rings (SSSR count). The zero-order valence-electron chi connectivity index (χ0n) is 20.4. The Bertz CT molecular complexity index is 1340. The molecule has 0 bridgehead atoms. The number of esters is 2. The number of aromatic nitrogens is 3. The van der Waals surface area contributed by atoms with E-state index in [0.717, 1.165) is 39.7 Å². The number of rotatable bonds is 6. The van der Waals surface area contributed by atoms with Gasteiger partial charge in [-0.15, -0.1) is 0 Å². The highest BCUT2D eigenvalue weighted by Crippen LogP contribution is 2.41. The van der Waals surface area contributed by atoms with E-state index in [1.165, 1.54) is 12.7 Å². The first-order valence-electron chi connectivity index (χ1n) is 11.8. The summed E-state index contributed by atoms with van der Waals surface area (Å²) in [6.45, 7) is 6.19. The fourth-order valence-electron chi connectivity index (χ4n) is 4.53. The minimum absolute atomic E-state index is 0.0999. The second kappa shape index (κ2) is 8.76. The van der Waals surface area contributed by atoms with E-state index in [-0.39, 0.29) is 6.42 Å². The third-order valence-corrected chi connectivity index (χ3v) is 6.76. The van der Waals surface area contributed by atoms with E-state index in [4.69, 9.17) is 19.5 Å². The van der Waals surface area contributed by atoms with Crippen LogP contribution in [0.15, 0.2) is 47.7 Å². The Labute approximate surface area is 204 Å². The van der Waals surface area contributed by atoms with E-state index < -0.39 is 23.6 Å². The molecule has 1 atom stereocenters. The van der Waals surface area contributed by atoms with Crippen LogP contribution in [0.25, 0.3) is 5.69 Å². The maximum atomic E-state index is 12.7. The largest absolute Gasteiger partial charge is 0.466 e. The molecule has 3 aromatic rings. The summed E-state index contributed by atoms with van der Waals surface area (Å²) in [7, 11) is 1.30. The van der Waals surface area contributed by atoms with Crippen LogP contribution in [-0.2, 0) is 19.1 Å². The molecule has 3 heterocycles. The summed E-state index contributed by atoms with van der Waals surface area (Å²) in [5.74, 6) is -0.172. The lowest BCUT2D eigenvalue weighted by molar-refractivity contribution is -0.169. The van der Waals surface area contributed by atoms with Gasteiger partial charge in [-0.2, -0.15) is 0 Å². The minimum atomic E-state index is -1.11. The van der Waals surface area contributed by atoms with E-state index in [1.54, 1.807) is 6.20 Å². The lowest BCUT2D eigenvalue weighted by atomic mass is 9.98. The Balaban J connectivity index is 1.53. The normalized spacial score (nSPS) is 17.5. The lowest BCUT2D eigenvalue weighted by Crippen LogP contribution is -2.30. The van der Waals surface area contributed by atoms with Gasteiger partial charge in [-0.25, -0.2) is 9.78 Å². The zero-order chi connectivity index (χ0) is 24.7. The molecule has 0 saturated heterocycles. The van der Waals surface area contributed by atoms with Crippen LogP contribution < -0.4 is 0 Å². The molecule has 0 unspecified atom stereocenters. The smallest absolute Gasteiger partial charge is 0.350 e. The van der Waals surface area contributed by atoms with Crippen molar-refractivity contribution in [3.63, 3.8) is 0 Å². The number of aliphatic imine (C=N–C) groups is 1. The highest BCUT2D eigenvalue weighted by atomic mass is 16.6. The summed E-state index contributed by atoms with van der Waals surface area (Å²) in [6, 6.07) is 9.66. The Morgan fingerprint density at radius 2 is 1.89 bits per heavy atom. The molecule has 0 spiro atoms. The highest BCUT2D eigenvalue weighted by Gasteiger charge is 2.55. The van der Waals surface area contributed by atoms with Crippen LogP contribution in [0.1, 0.15) is 65.6 Å². The predicted molar refractivity (Wildman–Crippen MR) is 130 cm³/mol. The number of hydrogen-bond donors (Lipinski definition) is 0. The summed E-state index contributed by atoms with van der Waals surface area (Å²) in [5, 5.41) is 0.